The third kappa shape index (κ3) is 2.59. The largest absolute Gasteiger partial charge is 0.465 e. The summed E-state index contributed by atoms with van der Waals surface area (Å²) < 4.78 is 0. The van der Waals surface area contributed by atoms with E-state index in [4.69, 9.17) is 5.11 Å². The smallest absolute Gasteiger partial charge is 0.407 e. The fraction of sp³-hybridized carbons (Fsp3) is 0.533. The van der Waals surface area contributed by atoms with Crippen LogP contribution in [0.25, 0.3) is 0 Å². The van der Waals surface area contributed by atoms with Gasteiger partial charge in [0.05, 0.1) is 5.60 Å². The van der Waals surface area contributed by atoms with Crippen LogP contribution in [0, 0.1) is 0 Å². The molecule has 0 saturated heterocycles. The number of rotatable bonds is 3. The van der Waals surface area contributed by atoms with Crippen LogP contribution in [-0.4, -0.2) is 34.3 Å². The third-order valence-electron chi connectivity index (χ3n) is 4.09. The van der Waals surface area contributed by atoms with Crippen LogP contribution in [0.1, 0.15) is 43.7 Å². The Morgan fingerprint density at radius 1 is 1.42 bits per heavy atom. The molecule has 1 aromatic rings. The molecule has 2 rings (SSSR count). The minimum absolute atomic E-state index is 0.0924. The fourth-order valence-corrected chi connectivity index (χ4v) is 2.57. The van der Waals surface area contributed by atoms with Gasteiger partial charge < -0.3 is 15.1 Å². The Morgan fingerprint density at radius 3 is 2.58 bits per heavy atom. The Bertz CT molecular complexity index is 478. The van der Waals surface area contributed by atoms with Crippen LogP contribution < -0.4 is 0 Å². The molecule has 1 fully saturated rings. The minimum Gasteiger partial charge on any atom is -0.465 e. The van der Waals surface area contributed by atoms with E-state index in [1.54, 1.807) is 7.05 Å². The second-order valence-corrected chi connectivity index (χ2v) is 5.77. The molecule has 0 radical (unpaired) electrons. The highest BCUT2D eigenvalue weighted by atomic mass is 16.4. The lowest BCUT2D eigenvalue weighted by Gasteiger charge is -2.47. The molecule has 19 heavy (non-hydrogen) atoms. The summed E-state index contributed by atoms with van der Waals surface area (Å²) in [6.45, 7) is 4.23. The Kier molecular flexibility index (Phi) is 3.54. The van der Waals surface area contributed by atoms with Gasteiger partial charge in [-0.25, -0.2) is 4.79 Å². The molecule has 1 aliphatic carbocycles. The highest BCUT2D eigenvalue weighted by Crippen LogP contribution is 2.44. The van der Waals surface area contributed by atoms with Crippen LogP contribution in [0.15, 0.2) is 24.3 Å². The first-order chi connectivity index (χ1) is 8.83. The SMILES string of the molecule is CC(C)c1cccc(C2(O)CC(N(C)C(=O)O)C2)c1. The van der Waals surface area contributed by atoms with Crippen molar-refractivity contribution < 1.29 is 15.0 Å². The molecule has 1 saturated carbocycles. The molecule has 0 aliphatic heterocycles. The summed E-state index contributed by atoms with van der Waals surface area (Å²) in [4.78, 5) is 12.1. The van der Waals surface area contributed by atoms with Gasteiger partial charge >= 0.3 is 6.09 Å². The van der Waals surface area contributed by atoms with Crippen molar-refractivity contribution in [2.24, 2.45) is 0 Å². The van der Waals surface area contributed by atoms with Crippen molar-refractivity contribution in [3.8, 4) is 0 Å². The van der Waals surface area contributed by atoms with Crippen LogP contribution in [0.3, 0.4) is 0 Å². The van der Waals surface area contributed by atoms with Gasteiger partial charge in [-0.05, 0) is 17.0 Å². The zero-order chi connectivity index (χ0) is 14.2. The number of nitrogens with zero attached hydrogens (tertiary/aromatic N) is 1. The van der Waals surface area contributed by atoms with Gasteiger partial charge in [-0.2, -0.15) is 0 Å². The van der Waals surface area contributed by atoms with Crippen LogP contribution in [0.5, 0.6) is 0 Å². The normalized spacial score (nSPS) is 26.1. The highest BCUT2D eigenvalue weighted by Gasteiger charge is 2.46. The molecule has 1 amide bonds. The van der Waals surface area contributed by atoms with E-state index in [0.717, 1.165) is 5.56 Å². The number of carbonyl (C=O) groups is 1. The van der Waals surface area contributed by atoms with E-state index in [1.165, 1.54) is 10.5 Å². The van der Waals surface area contributed by atoms with Crippen molar-refractivity contribution in [2.45, 2.75) is 44.2 Å². The maximum atomic E-state index is 10.9. The quantitative estimate of drug-likeness (QED) is 0.881. The molecule has 0 aromatic heterocycles. The Hall–Kier alpha value is -1.55. The zero-order valence-corrected chi connectivity index (χ0v) is 11.6. The van der Waals surface area contributed by atoms with E-state index >= 15 is 0 Å². The van der Waals surface area contributed by atoms with E-state index in [9.17, 15) is 9.90 Å². The Labute approximate surface area is 113 Å². The first-order valence-corrected chi connectivity index (χ1v) is 6.62. The zero-order valence-electron chi connectivity index (χ0n) is 11.6. The number of aliphatic hydroxyl groups is 1. The maximum Gasteiger partial charge on any atom is 0.407 e. The van der Waals surface area contributed by atoms with E-state index in [0.29, 0.717) is 18.8 Å². The molecule has 0 spiro atoms. The number of amides is 1. The van der Waals surface area contributed by atoms with Gasteiger partial charge in [-0.1, -0.05) is 38.1 Å². The van der Waals surface area contributed by atoms with Crippen LogP contribution in [0.4, 0.5) is 4.79 Å². The van der Waals surface area contributed by atoms with Crippen LogP contribution in [-0.2, 0) is 5.60 Å². The Morgan fingerprint density at radius 2 is 2.05 bits per heavy atom. The lowest BCUT2D eigenvalue weighted by Crippen LogP contribution is -2.53. The summed E-state index contributed by atoms with van der Waals surface area (Å²) in [7, 11) is 1.55. The summed E-state index contributed by atoms with van der Waals surface area (Å²) in [5.74, 6) is 0.418. The number of carboxylic acid groups (broad SMARTS) is 1. The molecule has 104 valence electrons. The van der Waals surface area contributed by atoms with Crippen LogP contribution >= 0.6 is 0 Å². The van der Waals surface area contributed by atoms with E-state index in [1.807, 2.05) is 18.2 Å². The molecular weight excluding hydrogens is 242 g/mol. The third-order valence-corrected chi connectivity index (χ3v) is 4.09. The highest BCUT2D eigenvalue weighted by molar-refractivity contribution is 5.65. The van der Waals surface area contributed by atoms with Gasteiger partial charge in [0.1, 0.15) is 0 Å². The van der Waals surface area contributed by atoms with Gasteiger partial charge in [-0.15, -0.1) is 0 Å². The van der Waals surface area contributed by atoms with Gasteiger partial charge in [-0.3, -0.25) is 0 Å². The van der Waals surface area contributed by atoms with Gasteiger partial charge in [0, 0.05) is 25.9 Å². The Balaban J connectivity index is 2.12. The van der Waals surface area contributed by atoms with Gasteiger partial charge in [0.15, 0.2) is 0 Å². The summed E-state index contributed by atoms with van der Waals surface area (Å²) in [6.07, 6.45) is -0.00250. The predicted octanol–water partition coefficient (Wildman–Crippen LogP) is 2.77. The van der Waals surface area contributed by atoms with E-state index in [2.05, 4.69) is 19.9 Å². The second-order valence-electron chi connectivity index (χ2n) is 5.77. The second kappa shape index (κ2) is 4.85. The average Bonchev–Trinajstić information content (AvgIpc) is 2.34. The standard InChI is InChI=1S/C15H21NO3/c1-10(2)11-5-4-6-12(7-11)15(19)8-13(9-15)16(3)14(17)18/h4-7,10,13,19H,8-9H2,1-3H3,(H,17,18). The minimum atomic E-state index is -0.942. The number of hydrogen-bond donors (Lipinski definition) is 2. The van der Waals surface area contributed by atoms with Crippen molar-refractivity contribution in [2.75, 3.05) is 7.05 Å². The molecule has 0 heterocycles. The van der Waals surface area contributed by atoms with E-state index < -0.39 is 11.7 Å². The molecular formula is C15H21NO3. The molecule has 0 atom stereocenters. The first kappa shape index (κ1) is 13.9. The molecule has 1 aromatic carbocycles. The molecule has 1 aliphatic rings. The molecule has 4 nitrogen and oxygen atoms in total. The van der Waals surface area contributed by atoms with Gasteiger partial charge in [0.2, 0.25) is 0 Å². The molecule has 4 heteroatoms. The van der Waals surface area contributed by atoms with Gasteiger partial charge in [0.25, 0.3) is 0 Å². The summed E-state index contributed by atoms with van der Waals surface area (Å²) in [5, 5.41) is 19.5. The van der Waals surface area contributed by atoms with Crippen LogP contribution in [0.2, 0.25) is 0 Å². The van der Waals surface area contributed by atoms with Crippen molar-refractivity contribution >= 4 is 6.09 Å². The number of benzene rings is 1. The maximum absolute atomic E-state index is 10.9. The molecule has 2 N–H and O–H groups in total. The topological polar surface area (TPSA) is 60.8 Å². The van der Waals surface area contributed by atoms with Crippen molar-refractivity contribution in [1.82, 2.24) is 4.90 Å². The van der Waals surface area contributed by atoms with Crippen molar-refractivity contribution in [1.29, 1.82) is 0 Å². The van der Waals surface area contributed by atoms with E-state index in [-0.39, 0.29) is 6.04 Å². The monoisotopic (exact) mass is 263 g/mol. The molecule has 0 bridgehead atoms. The summed E-state index contributed by atoms with van der Waals surface area (Å²) in [5.41, 5.74) is 1.22. The summed E-state index contributed by atoms with van der Waals surface area (Å²) in [6, 6.07) is 7.86. The lowest BCUT2D eigenvalue weighted by atomic mass is 9.70. The fourth-order valence-electron chi connectivity index (χ4n) is 2.57. The average molecular weight is 263 g/mol. The first-order valence-electron chi connectivity index (χ1n) is 6.62. The van der Waals surface area contributed by atoms with Crippen molar-refractivity contribution in [3.63, 3.8) is 0 Å². The van der Waals surface area contributed by atoms with Crippen molar-refractivity contribution in [3.05, 3.63) is 35.4 Å². The summed E-state index contributed by atoms with van der Waals surface area (Å²) >= 11 is 0. The molecule has 0 unspecified atom stereocenters. The number of hydrogen-bond acceptors (Lipinski definition) is 2. The lowest BCUT2D eigenvalue weighted by molar-refractivity contribution is -0.0864. The predicted molar refractivity (Wildman–Crippen MR) is 73.2 cm³/mol.